The maximum Gasteiger partial charge on any atom is 0.573 e. The van der Waals surface area contributed by atoms with Crippen molar-refractivity contribution < 1.29 is 17.9 Å². The van der Waals surface area contributed by atoms with E-state index in [0.717, 1.165) is 12.1 Å². The lowest BCUT2D eigenvalue weighted by Crippen LogP contribution is -2.18. The largest absolute Gasteiger partial charge is 0.573 e. The number of alkyl halides is 3. The minimum absolute atomic E-state index is 0. The van der Waals surface area contributed by atoms with Crippen molar-refractivity contribution in [2.24, 2.45) is 5.73 Å². The zero-order chi connectivity index (χ0) is 10.8. The van der Waals surface area contributed by atoms with Crippen LogP contribution in [0, 0.1) is 5.41 Å². The average molecular weight is 241 g/mol. The molecule has 7 heteroatoms. The maximum absolute atomic E-state index is 11.8. The van der Waals surface area contributed by atoms with Crippen molar-refractivity contribution in [2.75, 3.05) is 0 Å². The van der Waals surface area contributed by atoms with Gasteiger partial charge in [0.25, 0.3) is 0 Å². The molecule has 0 amide bonds. The quantitative estimate of drug-likeness (QED) is 0.616. The van der Waals surface area contributed by atoms with Crippen LogP contribution in [0.15, 0.2) is 24.3 Å². The molecule has 0 saturated heterocycles. The Morgan fingerprint density at radius 2 is 1.93 bits per heavy atom. The molecule has 1 rings (SSSR count). The molecule has 0 spiro atoms. The van der Waals surface area contributed by atoms with Gasteiger partial charge in [-0.25, -0.2) is 0 Å². The fourth-order valence-corrected chi connectivity index (χ4v) is 0.861. The van der Waals surface area contributed by atoms with Crippen LogP contribution in [-0.4, -0.2) is 12.2 Å². The van der Waals surface area contributed by atoms with Gasteiger partial charge in [0.1, 0.15) is 11.6 Å². The first-order valence-electron chi connectivity index (χ1n) is 3.59. The molecular weight excluding hydrogens is 233 g/mol. The first kappa shape index (κ1) is 13.6. The first-order chi connectivity index (χ1) is 6.38. The average Bonchev–Trinajstić information content (AvgIpc) is 2.01. The van der Waals surface area contributed by atoms with E-state index in [1.54, 1.807) is 0 Å². The van der Waals surface area contributed by atoms with Crippen molar-refractivity contribution in [1.82, 2.24) is 0 Å². The summed E-state index contributed by atoms with van der Waals surface area (Å²) in [6.45, 7) is 0. The number of nitrogens with one attached hydrogen (secondary N) is 1. The van der Waals surface area contributed by atoms with E-state index in [4.69, 9.17) is 11.1 Å². The summed E-state index contributed by atoms with van der Waals surface area (Å²) in [5, 5.41) is 7.00. The first-order valence-corrected chi connectivity index (χ1v) is 3.59. The summed E-state index contributed by atoms with van der Waals surface area (Å²) in [5.74, 6) is -0.692. The molecule has 0 aliphatic rings. The summed E-state index contributed by atoms with van der Waals surface area (Å²) in [4.78, 5) is 0. The Kier molecular flexibility index (Phi) is 4.41. The summed E-state index contributed by atoms with van der Waals surface area (Å²) < 4.78 is 38.9. The van der Waals surface area contributed by atoms with E-state index in [1.807, 2.05) is 0 Å². The zero-order valence-corrected chi connectivity index (χ0v) is 8.15. The monoisotopic (exact) mass is 240 g/mol. The lowest BCUT2D eigenvalue weighted by Gasteiger charge is -2.09. The molecule has 0 radical (unpaired) electrons. The molecule has 0 fully saturated rings. The molecule has 1 aromatic rings. The van der Waals surface area contributed by atoms with Crippen LogP contribution in [0.1, 0.15) is 5.56 Å². The van der Waals surface area contributed by atoms with Crippen molar-refractivity contribution in [3.63, 3.8) is 0 Å². The molecule has 3 nitrogen and oxygen atoms in total. The van der Waals surface area contributed by atoms with E-state index >= 15 is 0 Å². The number of benzene rings is 1. The van der Waals surface area contributed by atoms with Gasteiger partial charge in [0.2, 0.25) is 0 Å². The van der Waals surface area contributed by atoms with Crippen molar-refractivity contribution in [3.05, 3.63) is 29.8 Å². The highest BCUT2D eigenvalue weighted by Crippen LogP contribution is 2.22. The summed E-state index contributed by atoms with van der Waals surface area (Å²) >= 11 is 0. The van der Waals surface area contributed by atoms with Crippen LogP contribution in [0.3, 0.4) is 0 Å². The highest BCUT2D eigenvalue weighted by molar-refractivity contribution is 5.95. The van der Waals surface area contributed by atoms with Crippen LogP contribution in [0.25, 0.3) is 0 Å². The molecule has 15 heavy (non-hydrogen) atoms. The molecule has 3 N–H and O–H groups in total. The number of rotatable bonds is 2. The van der Waals surface area contributed by atoms with Gasteiger partial charge in [0.05, 0.1) is 0 Å². The molecule has 0 aliphatic heterocycles. The van der Waals surface area contributed by atoms with Crippen molar-refractivity contribution >= 4 is 18.2 Å². The van der Waals surface area contributed by atoms with Crippen LogP contribution in [-0.2, 0) is 0 Å². The molecule has 0 aromatic heterocycles. The van der Waals surface area contributed by atoms with Crippen molar-refractivity contribution in [2.45, 2.75) is 6.36 Å². The second-order valence-electron chi connectivity index (χ2n) is 2.49. The topological polar surface area (TPSA) is 59.1 Å². The summed E-state index contributed by atoms with van der Waals surface area (Å²) in [6, 6.07) is 4.94. The number of nitrogen functional groups attached to an aromatic ring is 1. The number of ether oxygens (including phenoxy) is 1. The Labute approximate surface area is 89.9 Å². The van der Waals surface area contributed by atoms with Crippen LogP contribution in [0.5, 0.6) is 5.75 Å². The van der Waals surface area contributed by atoms with Gasteiger partial charge in [-0.1, -0.05) is 12.1 Å². The highest BCUT2D eigenvalue weighted by Gasteiger charge is 2.31. The van der Waals surface area contributed by atoms with E-state index in [0.29, 0.717) is 0 Å². The minimum Gasteiger partial charge on any atom is -0.406 e. The van der Waals surface area contributed by atoms with Crippen molar-refractivity contribution in [1.29, 1.82) is 5.41 Å². The summed E-state index contributed by atoms with van der Waals surface area (Å²) in [6.07, 6.45) is -4.73. The Morgan fingerprint density at radius 1 is 1.33 bits per heavy atom. The number of amidine groups is 1. The zero-order valence-electron chi connectivity index (χ0n) is 7.34. The number of hydrogen-bond donors (Lipinski definition) is 2. The number of halogens is 4. The van der Waals surface area contributed by atoms with E-state index in [-0.39, 0.29) is 29.6 Å². The second-order valence-corrected chi connectivity index (χ2v) is 2.49. The molecule has 0 atom stereocenters. The van der Waals surface area contributed by atoms with Gasteiger partial charge in [0.15, 0.2) is 0 Å². The van der Waals surface area contributed by atoms with Crippen LogP contribution in [0.2, 0.25) is 0 Å². The van der Waals surface area contributed by atoms with Crippen molar-refractivity contribution in [3.8, 4) is 5.75 Å². The fourth-order valence-electron chi connectivity index (χ4n) is 0.861. The van der Waals surface area contributed by atoms with Gasteiger partial charge in [-0.15, -0.1) is 25.6 Å². The smallest absolute Gasteiger partial charge is 0.406 e. The highest BCUT2D eigenvalue weighted by atomic mass is 35.5. The Balaban J connectivity index is 0.00000196. The van der Waals surface area contributed by atoms with Crippen LogP contribution >= 0.6 is 12.4 Å². The minimum atomic E-state index is -4.73. The molecule has 0 saturated carbocycles. The molecule has 0 heterocycles. The lowest BCUT2D eigenvalue weighted by atomic mass is 10.2. The molecule has 0 bridgehead atoms. The van der Waals surface area contributed by atoms with E-state index < -0.39 is 6.36 Å². The maximum atomic E-state index is 11.8. The lowest BCUT2D eigenvalue weighted by molar-refractivity contribution is -0.274. The van der Waals surface area contributed by atoms with Gasteiger partial charge < -0.3 is 10.5 Å². The Morgan fingerprint density at radius 3 is 2.40 bits per heavy atom. The molecular formula is C8H8ClF3N2O. The van der Waals surface area contributed by atoms with Gasteiger partial charge in [-0.05, 0) is 12.1 Å². The normalized spacial score (nSPS) is 10.3. The molecule has 0 unspecified atom stereocenters. The third-order valence-corrected chi connectivity index (χ3v) is 1.38. The summed E-state index contributed by atoms with van der Waals surface area (Å²) in [5.41, 5.74) is 5.28. The second kappa shape index (κ2) is 4.88. The van der Waals surface area contributed by atoms with Gasteiger partial charge in [0, 0.05) is 5.56 Å². The third-order valence-electron chi connectivity index (χ3n) is 1.38. The third kappa shape index (κ3) is 4.55. The SMILES string of the molecule is Cl.N=C(N)c1cccc(OC(F)(F)F)c1. The number of hydrogen-bond acceptors (Lipinski definition) is 2. The predicted molar refractivity (Wildman–Crippen MR) is 51.4 cm³/mol. The Hall–Kier alpha value is -1.43. The van der Waals surface area contributed by atoms with Crippen LogP contribution in [0.4, 0.5) is 13.2 Å². The molecule has 84 valence electrons. The van der Waals surface area contributed by atoms with E-state index in [1.165, 1.54) is 12.1 Å². The standard InChI is InChI=1S/C8H7F3N2O.ClH/c9-8(10,11)14-6-3-1-2-5(4-6)7(12)13;/h1-4H,(H3,12,13);1H. The van der Waals surface area contributed by atoms with E-state index in [2.05, 4.69) is 4.74 Å². The Bertz CT molecular complexity index is 354. The van der Waals surface area contributed by atoms with Gasteiger partial charge in [-0.2, -0.15) is 0 Å². The van der Waals surface area contributed by atoms with E-state index in [9.17, 15) is 13.2 Å². The fraction of sp³-hybridized carbons (Fsp3) is 0.125. The van der Waals surface area contributed by atoms with Gasteiger partial charge in [-0.3, -0.25) is 5.41 Å². The predicted octanol–water partition coefficient (Wildman–Crippen LogP) is 2.29. The summed E-state index contributed by atoms with van der Waals surface area (Å²) in [7, 11) is 0. The number of nitrogens with two attached hydrogens (primary N) is 1. The molecule has 1 aromatic carbocycles. The molecule has 0 aliphatic carbocycles. The van der Waals surface area contributed by atoms with Crippen LogP contribution < -0.4 is 10.5 Å². The van der Waals surface area contributed by atoms with Gasteiger partial charge >= 0.3 is 6.36 Å².